The van der Waals surface area contributed by atoms with Gasteiger partial charge in [-0.15, -0.1) is 10.2 Å². The Balaban J connectivity index is 1.93. The summed E-state index contributed by atoms with van der Waals surface area (Å²) in [4.78, 5) is 12.2. The van der Waals surface area contributed by atoms with Crippen LogP contribution in [-0.2, 0) is 9.53 Å². The molecular weight excluding hydrogens is 324 g/mol. The second-order valence-corrected chi connectivity index (χ2v) is 6.68. The van der Waals surface area contributed by atoms with Crippen molar-refractivity contribution < 1.29 is 9.53 Å². The number of nitrogens with one attached hydrogen (secondary N) is 1. The standard InChI is InChI=1S/C17H24N4O2S/c1-4-23-11-7-10-18-16(22)14(3)24-17-20-19-12-21(17)15-9-6-5-8-13(15)2/h5-6,8-9,12,14H,4,7,10-11H2,1-3H3,(H,18,22). The maximum atomic E-state index is 12.2. The van der Waals surface area contributed by atoms with Crippen LogP contribution < -0.4 is 5.32 Å². The van der Waals surface area contributed by atoms with Crippen molar-refractivity contribution in [2.45, 2.75) is 37.6 Å². The van der Waals surface area contributed by atoms with Crippen LogP contribution in [0.3, 0.4) is 0 Å². The van der Waals surface area contributed by atoms with E-state index in [1.165, 1.54) is 11.8 Å². The minimum atomic E-state index is -0.246. The number of hydrogen-bond acceptors (Lipinski definition) is 5. The molecule has 2 aromatic rings. The Kier molecular flexibility index (Phi) is 7.27. The van der Waals surface area contributed by atoms with Crippen LogP contribution in [0.5, 0.6) is 0 Å². The topological polar surface area (TPSA) is 69.0 Å². The number of carbonyl (C=O) groups is 1. The molecule has 0 fully saturated rings. The first kappa shape index (κ1) is 18.5. The number of benzene rings is 1. The van der Waals surface area contributed by atoms with Crippen molar-refractivity contribution in [1.29, 1.82) is 0 Å². The first-order valence-electron chi connectivity index (χ1n) is 8.11. The van der Waals surface area contributed by atoms with E-state index in [0.29, 0.717) is 24.9 Å². The third-order valence-electron chi connectivity index (χ3n) is 3.51. The Morgan fingerprint density at radius 1 is 1.42 bits per heavy atom. The smallest absolute Gasteiger partial charge is 0.233 e. The summed E-state index contributed by atoms with van der Waals surface area (Å²) in [6.45, 7) is 7.86. The SMILES string of the molecule is CCOCCCNC(=O)C(C)Sc1nncn1-c1ccccc1C. The third kappa shape index (κ3) is 5.07. The predicted octanol–water partition coefficient (Wildman–Crippen LogP) is 2.60. The molecule has 2 rings (SSSR count). The molecule has 0 saturated heterocycles. The Hall–Kier alpha value is -1.86. The van der Waals surface area contributed by atoms with E-state index in [0.717, 1.165) is 17.7 Å². The van der Waals surface area contributed by atoms with Crippen molar-refractivity contribution in [3.63, 3.8) is 0 Å². The highest BCUT2D eigenvalue weighted by Crippen LogP contribution is 2.25. The van der Waals surface area contributed by atoms with Crippen molar-refractivity contribution in [3.05, 3.63) is 36.2 Å². The van der Waals surface area contributed by atoms with Gasteiger partial charge in [-0.25, -0.2) is 0 Å². The van der Waals surface area contributed by atoms with Gasteiger partial charge in [-0.3, -0.25) is 9.36 Å². The Bertz CT molecular complexity index is 660. The number of para-hydroxylation sites is 1. The number of thioether (sulfide) groups is 1. The second kappa shape index (κ2) is 9.44. The molecule has 1 heterocycles. The van der Waals surface area contributed by atoms with Gasteiger partial charge in [-0.2, -0.15) is 0 Å². The lowest BCUT2D eigenvalue weighted by Gasteiger charge is -2.13. The minimum absolute atomic E-state index is 0.00386. The Labute approximate surface area is 147 Å². The third-order valence-corrected chi connectivity index (χ3v) is 4.57. The van der Waals surface area contributed by atoms with E-state index < -0.39 is 0 Å². The highest BCUT2D eigenvalue weighted by molar-refractivity contribution is 8.00. The quantitative estimate of drug-likeness (QED) is 0.557. The first-order chi connectivity index (χ1) is 11.6. The van der Waals surface area contributed by atoms with Crippen molar-refractivity contribution in [2.24, 2.45) is 0 Å². The number of rotatable bonds is 9. The fourth-order valence-electron chi connectivity index (χ4n) is 2.19. The number of hydrogen-bond donors (Lipinski definition) is 1. The zero-order chi connectivity index (χ0) is 17.4. The number of aromatic nitrogens is 3. The van der Waals surface area contributed by atoms with Gasteiger partial charge in [0.2, 0.25) is 5.91 Å². The summed E-state index contributed by atoms with van der Waals surface area (Å²) in [7, 11) is 0. The predicted molar refractivity (Wildman–Crippen MR) is 95.5 cm³/mol. The van der Waals surface area contributed by atoms with Gasteiger partial charge in [0.1, 0.15) is 6.33 Å². The molecule has 1 N–H and O–H groups in total. The first-order valence-corrected chi connectivity index (χ1v) is 8.99. The molecule has 0 aliphatic carbocycles. The number of ether oxygens (including phenoxy) is 1. The van der Waals surface area contributed by atoms with Crippen LogP contribution in [0, 0.1) is 6.92 Å². The molecule has 0 spiro atoms. The van der Waals surface area contributed by atoms with Crippen molar-refractivity contribution in [3.8, 4) is 5.69 Å². The molecule has 24 heavy (non-hydrogen) atoms. The summed E-state index contributed by atoms with van der Waals surface area (Å²) >= 11 is 1.40. The normalized spacial score (nSPS) is 12.1. The van der Waals surface area contributed by atoms with Gasteiger partial charge >= 0.3 is 0 Å². The van der Waals surface area contributed by atoms with Gasteiger partial charge in [0.15, 0.2) is 5.16 Å². The highest BCUT2D eigenvalue weighted by atomic mass is 32.2. The van der Waals surface area contributed by atoms with E-state index in [2.05, 4.69) is 15.5 Å². The molecule has 0 aliphatic rings. The van der Waals surface area contributed by atoms with E-state index in [-0.39, 0.29) is 11.2 Å². The molecule has 0 saturated carbocycles. The largest absolute Gasteiger partial charge is 0.382 e. The highest BCUT2D eigenvalue weighted by Gasteiger charge is 2.18. The van der Waals surface area contributed by atoms with Gasteiger partial charge in [-0.05, 0) is 38.8 Å². The summed E-state index contributed by atoms with van der Waals surface area (Å²) in [5.74, 6) is -0.00386. The van der Waals surface area contributed by atoms with Crippen LogP contribution >= 0.6 is 11.8 Å². The number of nitrogens with zero attached hydrogens (tertiary/aromatic N) is 3. The van der Waals surface area contributed by atoms with Crippen LogP contribution in [0.15, 0.2) is 35.7 Å². The minimum Gasteiger partial charge on any atom is -0.382 e. The average Bonchev–Trinajstić information content (AvgIpc) is 3.02. The Morgan fingerprint density at radius 3 is 2.96 bits per heavy atom. The average molecular weight is 348 g/mol. The summed E-state index contributed by atoms with van der Waals surface area (Å²) in [5.41, 5.74) is 2.15. The van der Waals surface area contributed by atoms with E-state index in [4.69, 9.17) is 4.74 Å². The van der Waals surface area contributed by atoms with E-state index in [9.17, 15) is 4.79 Å². The van der Waals surface area contributed by atoms with Crippen LogP contribution in [-0.4, -0.2) is 45.7 Å². The lowest BCUT2D eigenvalue weighted by atomic mass is 10.2. The molecule has 1 amide bonds. The number of aryl methyl sites for hydroxylation is 1. The lowest BCUT2D eigenvalue weighted by molar-refractivity contribution is -0.120. The maximum absolute atomic E-state index is 12.2. The lowest BCUT2D eigenvalue weighted by Crippen LogP contribution is -2.32. The zero-order valence-electron chi connectivity index (χ0n) is 14.4. The van der Waals surface area contributed by atoms with Gasteiger partial charge in [0.25, 0.3) is 0 Å². The number of carbonyl (C=O) groups excluding carboxylic acids is 1. The van der Waals surface area contributed by atoms with E-state index >= 15 is 0 Å². The van der Waals surface area contributed by atoms with Crippen LogP contribution in [0.1, 0.15) is 25.8 Å². The molecule has 6 nitrogen and oxygen atoms in total. The number of amides is 1. The Morgan fingerprint density at radius 2 is 2.21 bits per heavy atom. The molecule has 1 aromatic carbocycles. The molecule has 1 unspecified atom stereocenters. The van der Waals surface area contributed by atoms with Crippen LogP contribution in [0.2, 0.25) is 0 Å². The monoisotopic (exact) mass is 348 g/mol. The molecule has 0 bridgehead atoms. The fourth-order valence-corrected chi connectivity index (χ4v) is 3.05. The van der Waals surface area contributed by atoms with Crippen LogP contribution in [0.4, 0.5) is 0 Å². The zero-order valence-corrected chi connectivity index (χ0v) is 15.2. The molecule has 7 heteroatoms. The molecule has 130 valence electrons. The summed E-state index contributed by atoms with van der Waals surface area (Å²) in [6, 6.07) is 8.03. The van der Waals surface area contributed by atoms with Gasteiger partial charge in [-0.1, -0.05) is 30.0 Å². The molecule has 0 radical (unpaired) electrons. The maximum Gasteiger partial charge on any atom is 0.233 e. The van der Waals surface area contributed by atoms with Crippen molar-refractivity contribution in [2.75, 3.05) is 19.8 Å². The van der Waals surface area contributed by atoms with Gasteiger partial charge < -0.3 is 10.1 Å². The molecule has 1 aromatic heterocycles. The van der Waals surface area contributed by atoms with Crippen molar-refractivity contribution >= 4 is 17.7 Å². The summed E-state index contributed by atoms with van der Waals surface area (Å²) in [6.07, 6.45) is 2.49. The van der Waals surface area contributed by atoms with Crippen LogP contribution in [0.25, 0.3) is 5.69 Å². The van der Waals surface area contributed by atoms with Gasteiger partial charge in [0, 0.05) is 19.8 Å². The molecule has 1 atom stereocenters. The van der Waals surface area contributed by atoms with Crippen molar-refractivity contribution in [1.82, 2.24) is 20.1 Å². The summed E-state index contributed by atoms with van der Waals surface area (Å²) in [5, 5.41) is 11.5. The van der Waals surface area contributed by atoms with Gasteiger partial charge in [0.05, 0.1) is 10.9 Å². The van der Waals surface area contributed by atoms with E-state index in [1.807, 2.05) is 49.6 Å². The molecular formula is C17H24N4O2S. The fraction of sp³-hybridized carbons (Fsp3) is 0.471. The molecule has 0 aliphatic heterocycles. The van der Waals surface area contributed by atoms with E-state index in [1.54, 1.807) is 6.33 Å². The second-order valence-electron chi connectivity index (χ2n) is 5.37. The summed E-state index contributed by atoms with van der Waals surface area (Å²) < 4.78 is 7.17.